The molecule has 5 nitrogen and oxygen atoms in total. The maximum absolute atomic E-state index is 4.28. The summed E-state index contributed by atoms with van der Waals surface area (Å²) in [6, 6.07) is 2.07. The van der Waals surface area contributed by atoms with E-state index in [4.69, 9.17) is 0 Å². The van der Waals surface area contributed by atoms with Gasteiger partial charge in [0.05, 0.1) is 11.6 Å². The van der Waals surface area contributed by atoms with Gasteiger partial charge in [-0.25, -0.2) is 9.97 Å². The first-order valence-corrected chi connectivity index (χ1v) is 7.51. The van der Waals surface area contributed by atoms with Crippen molar-refractivity contribution in [3.8, 4) is 0 Å². The number of halogens is 1. The topological polar surface area (TPSA) is 55.6 Å². The summed E-state index contributed by atoms with van der Waals surface area (Å²) in [5.74, 6) is 0.839. The minimum atomic E-state index is 0.833. The van der Waals surface area contributed by atoms with Crippen molar-refractivity contribution in [2.24, 2.45) is 7.05 Å². The molecule has 7 heteroatoms. The van der Waals surface area contributed by atoms with Gasteiger partial charge in [0.15, 0.2) is 5.65 Å². The van der Waals surface area contributed by atoms with Gasteiger partial charge >= 0.3 is 0 Å². The van der Waals surface area contributed by atoms with Crippen molar-refractivity contribution in [1.29, 1.82) is 0 Å². The van der Waals surface area contributed by atoms with Crippen LogP contribution in [0.15, 0.2) is 28.4 Å². The molecule has 3 aromatic heterocycles. The third-order valence-corrected chi connectivity index (χ3v) is 4.85. The summed E-state index contributed by atoms with van der Waals surface area (Å²) in [7, 11) is 1.88. The van der Waals surface area contributed by atoms with Crippen LogP contribution in [0.3, 0.4) is 0 Å². The molecule has 0 unspecified atom stereocenters. The summed E-state index contributed by atoms with van der Waals surface area (Å²) in [6.45, 7) is 0.833. The summed E-state index contributed by atoms with van der Waals surface area (Å²) >= 11 is 5.30. The zero-order valence-electron chi connectivity index (χ0n) is 10.3. The molecule has 0 fully saturated rings. The molecule has 1 N–H and O–H groups in total. The van der Waals surface area contributed by atoms with E-state index in [2.05, 4.69) is 47.8 Å². The van der Waals surface area contributed by atoms with E-state index >= 15 is 0 Å². The number of hydrogen-bond acceptors (Lipinski definition) is 5. The zero-order valence-corrected chi connectivity index (χ0v) is 12.7. The van der Waals surface area contributed by atoms with Crippen molar-refractivity contribution in [2.45, 2.75) is 6.42 Å². The molecule has 19 heavy (non-hydrogen) atoms. The van der Waals surface area contributed by atoms with Gasteiger partial charge in [-0.05, 0) is 27.4 Å². The van der Waals surface area contributed by atoms with E-state index in [1.165, 1.54) is 9.35 Å². The Bertz CT molecular complexity index is 705. The summed E-state index contributed by atoms with van der Waals surface area (Å²) < 4.78 is 2.92. The molecular formula is C12H12BrN5S. The second-order valence-corrected chi connectivity index (χ2v) is 5.95. The predicted molar refractivity (Wildman–Crippen MR) is 80.5 cm³/mol. The van der Waals surface area contributed by atoms with Crippen molar-refractivity contribution in [3.05, 3.63) is 33.3 Å². The Morgan fingerprint density at radius 2 is 2.32 bits per heavy atom. The average molecular weight is 338 g/mol. The molecule has 0 spiro atoms. The Hall–Kier alpha value is -1.47. The fourth-order valence-corrected chi connectivity index (χ4v) is 3.46. The number of thiophene rings is 1. The van der Waals surface area contributed by atoms with Gasteiger partial charge in [-0.2, -0.15) is 5.10 Å². The molecule has 3 heterocycles. The lowest BCUT2D eigenvalue weighted by Gasteiger charge is -2.05. The highest BCUT2D eigenvalue weighted by Gasteiger charge is 2.07. The van der Waals surface area contributed by atoms with E-state index in [0.717, 1.165) is 29.8 Å². The van der Waals surface area contributed by atoms with Crippen molar-refractivity contribution >= 4 is 44.1 Å². The number of aryl methyl sites for hydroxylation is 1. The van der Waals surface area contributed by atoms with Crippen LogP contribution in [0.1, 0.15) is 4.88 Å². The molecule has 98 valence electrons. The molecule has 0 radical (unpaired) electrons. The first kappa shape index (κ1) is 12.6. The molecule has 0 aliphatic heterocycles. The number of anilines is 1. The minimum Gasteiger partial charge on any atom is -0.369 e. The van der Waals surface area contributed by atoms with Crippen LogP contribution in [-0.2, 0) is 13.5 Å². The standard InChI is InChI=1S/C12H12BrN5S/c1-18-12-8(6-17-18)11(15-7-16-12)14-4-2-10-9(13)3-5-19-10/h3,5-7H,2,4H2,1H3,(H,14,15,16). The quantitative estimate of drug-likeness (QED) is 0.795. The molecule has 0 saturated carbocycles. The number of nitrogens with zero attached hydrogens (tertiary/aromatic N) is 4. The summed E-state index contributed by atoms with van der Waals surface area (Å²) in [5.41, 5.74) is 0.842. The molecule has 0 bridgehead atoms. The number of rotatable bonds is 4. The molecule has 0 aromatic carbocycles. The average Bonchev–Trinajstić information content (AvgIpc) is 2.98. The van der Waals surface area contributed by atoms with Crippen molar-refractivity contribution in [3.63, 3.8) is 0 Å². The van der Waals surface area contributed by atoms with Crippen LogP contribution in [0.2, 0.25) is 0 Å². The Balaban J connectivity index is 1.74. The SMILES string of the molecule is Cn1ncc2c(NCCc3sccc3Br)ncnc21. The van der Waals surface area contributed by atoms with Crippen LogP contribution in [0.25, 0.3) is 11.0 Å². The lowest BCUT2D eigenvalue weighted by Crippen LogP contribution is -2.06. The zero-order chi connectivity index (χ0) is 13.2. The number of hydrogen-bond donors (Lipinski definition) is 1. The second kappa shape index (κ2) is 5.26. The Morgan fingerprint density at radius 1 is 1.42 bits per heavy atom. The fraction of sp³-hybridized carbons (Fsp3) is 0.250. The highest BCUT2D eigenvalue weighted by atomic mass is 79.9. The maximum atomic E-state index is 4.28. The molecule has 3 rings (SSSR count). The molecule has 3 aromatic rings. The number of fused-ring (bicyclic) bond motifs is 1. The Morgan fingerprint density at radius 3 is 3.11 bits per heavy atom. The molecule has 0 saturated heterocycles. The largest absolute Gasteiger partial charge is 0.369 e. The normalized spacial score (nSPS) is 11.1. The molecule has 0 aliphatic carbocycles. The molecular weight excluding hydrogens is 326 g/mol. The third-order valence-electron chi connectivity index (χ3n) is 2.86. The van der Waals surface area contributed by atoms with E-state index in [9.17, 15) is 0 Å². The lowest BCUT2D eigenvalue weighted by atomic mass is 10.3. The lowest BCUT2D eigenvalue weighted by molar-refractivity contribution is 0.785. The van der Waals surface area contributed by atoms with E-state index in [-0.39, 0.29) is 0 Å². The van der Waals surface area contributed by atoms with Crippen LogP contribution in [0.4, 0.5) is 5.82 Å². The van der Waals surface area contributed by atoms with Crippen LogP contribution in [-0.4, -0.2) is 26.3 Å². The van der Waals surface area contributed by atoms with Crippen LogP contribution >= 0.6 is 27.3 Å². The van der Waals surface area contributed by atoms with Crippen molar-refractivity contribution < 1.29 is 0 Å². The predicted octanol–water partition coefficient (Wildman–Crippen LogP) is 2.84. The minimum absolute atomic E-state index is 0.833. The van der Waals surface area contributed by atoms with Crippen molar-refractivity contribution in [1.82, 2.24) is 19.7 Å². The summed E-state index contributed by atoms with van der Waals surface area (Å²) in [6.07, 6.45) is 4.32. The smallest absolute Gasteiger partial charge is 0.163 e. The summed E-state index contributed by atoms with van der Waals surface area (Å²) in [5, 5.41) is 10.6. The highest BCUT2D eigenvalue weighted by molar-refractivity contribution is 9.10. The van der Waals surface area contributed by atoms with Crippen LogP contribution in [0, 0.1) is 0 Å². The van der Waals surface area contributed by atoms with Gasteiger partial charge in [-0.3, -0.25) is 4.68 Å². The fourth-order valence-electron chi connectivity index (χ4n) is 1.90. The Labute approximate surface area is 122 Å². The monoisotopic (exact) mass is 337 g/mol. The number of nitrogens with one attached hydrogen (secondary N) is 1. The summed E-state index contributed by atoms with van der Waals surface area (Å²) in [4.78, 5) is 9.83. The first-order valence-electron chi connectivity index (χ1n) is 5.84. The first-order chi connectivity index (χ1) is 9.25. The van der Waals surface area contributed by atoms with Gasteiger partial charge in [0.1, 0.15) is 12.1 Å². The van der Waals surface area contributed by atoms with Gasteiger partial charge in [0, 0.05) is 29.4 Å². The maximum Gasteiger partial charge on any atom is 0.163 e. The van der Waals surface area contributed by atoms with E-state index in [1.54, 1.807) is 28.5 Å². The van der Waals surface area contributed by atoms with Gasteiger partial charge in [-0.15, -0.1) is 11.3 Å². The third kappa shape index (κ3) is 2.48. The number of aromatic nitrogens is 4. The second-order valence-electron chi connectivity index (χ2n) is 4.10. The molecule has 0 aliphatic rings. The van der Waals surface area contributed by atoms with Gasteiger partial charge in [-0.1, -0.05) is 0 Å². The molecule has 0 atom stereocenters. The highest BCUT2D eigenvalue weighted by Crippen LogP contribution is 2.23. The van der Waals surface area contributed by atoms with E-state index < -0.39 is 0 Å². The van der Waals surface area contributed by atoms with E-state index in [1.807, 2.05) is 7.05 Å². The molecule has 0 amide bonds. The van der Waals surface area contributed by atoms with E-state index in [0.29, 0.717) is 0 Å². The van der Waals surface area contributed by atoms with Crippen molar-refractivity contribution in [2.75, 3.05) is 11.9 Å². The van der Waals surface area contributed by atoms with Gasteiger partial charge < -0.3 is 5.32 Å². The van der Waals surface area contributed by atoms with Gasteiger partial charge in [0.25, 0.3) is 0 Å². The Kier molecular flexibility index (Phi) is 3.48. The van der Waals surface area contributed by atoms with Gasteiger partial charge in [0.2, 0.25) is 0 Å². The van der Waals surface area contributed by atoms with Crippen LogP contribution in [0.5, 0.6) is 0 Å². The van der Waals surface area contributed by atoms with Crippen LogP contribution < -0.4 is 5.32 Å².